The van der Waals surface area contributed by atoms with Crippen LogP contribution in [0.1, 0.15) is 73.6 Å². The van der Waals surface area contributed by atoms with E-state index in [9.17, 15) is 9.59 Å². The van der Waals surface area contributed by atoms with Crippen LogP contribution in [0.25, 0.3) is 22.2 Å². The molecule has 1 amide bonds. The highest BCUT2D eigenvalue weighted by Crippen LogP contribution is 2.35. The number of Topliss-reactive ketones (excluding diaryl/α,β-unsaturated/α-hetero) is 1. The minimum atomic E-state index is -0.392. The van der Waals surface area contributed by atoms with Crippen molar-refractivity contribution < 1.29 is 23.5 Å². The molecule has 5 heterocycles. The Kier molecular flexibility index (Phi) is 7.88. The third-order valence-electron chi connectivity index (χ3n) is 8.21. The average molecular weight is 574 g/mol. The summed E-state index contributed by atoms with van der Waals surface area (Å²) in [4.78, 5) is 33.7. The van der Waals surface area contributed by atoms with Crippen LogP contribution in [0.3, 0.4) is 0 Å². The molecule has 0 radical (unpaired) electrons. The van der Waals surface area contributed by atoms with Crippen LogP contribution in [-0.4, -0.2) is 68.1 Å². The van der Waals surface area contributed by atoms with Gasteiger partial charge in [-0.05, 0) is 38.1 Å². The van der Waals surface area contributed by atoms with Crippen molar-refractivity contribution in [1.29, 1.82) is 0 Å². The fourth-order valence-corrected chi connectivity index (χ4v) is 5.66. The van der Waals surface area contributed by atoms with Gasteiger partial charge in [0.15, 0.2) is 11.5 Å². The van der Waals surface area contributed by atoms with E-state index in [1.165, 1.54) is 6.26 Å². The molecule has 0 unspecified atom stereocenters. The maximum Gasteiger partial charge on any atom is 0.269 e. The summed E-state index contributed by atoms with van der Waals surface area (Å²) in [6.07, 6.45) is 8.84. The zero-order chi connectivity index (χ0) is 29.1. The number of likely N-dealkylation sites (tertiary alicyclic amines) is 1. The lowest BCUT2D eigenvalue weighted by Crippen LogP contribution is -2.44. The summed E-state index contributed by atoms with van der Waals surface area (Å²) in [5.41, 5.74) is 2.78. The summed E-state index contributed by atoms with van der Waals surface area (Å²) >= 11 is 0. The molecule has 3 aromatic heterocycles. The number of hydrogen-bond acceptors (Lipinski definition) is 10. The molecule has 1 N–H and O–H groups in total. The molecule has 1 saturated heterocycles. The number of carbonyl (C=O) groups is 2. The lowest BCUT2D eigenvalue weighted by molar-refractivity contribution is -0.115. The average Bonchev–Trinajstić information content (AvgIpc) is 3.80. The Bertz CT molecular complexity index is 1580. The smallest absolute Gasteiger partial charge is 0.269 e. The number of oxime groups is 1. The number of ketones is 1. The van der Waals surface area contributed by atoms with Gasteiger partial charge in [-0.2, -0.15) is 5.10 Å². The fraction of sp³-hybridized carbons (Fsp3) is 0.467. The number of piperidine rings is 1. The molecule has 2 aliphatic heterocycles. The van der Waals surface area contributed by atoms with E-state index >= 15 is 0 Å². The van der Waals surface area contributed by atoms with Gasteiger partial charge in [-0.15, -0.1) is 0 Å². The third-order valence-corrected chi connectivity index (χ3v) is 8.21. The van der Waals surface area contributed by atoms with Crippen LogP contribution in [0.5, 0.6) is 0 Å². The third kappa shape index (κ3) is 6.13. The Morgan fingerprint density at radius 2 is 1.93 bits per heavy atom. The van der Waals surface area contributed by atoms with Gasteiger partial charge in [0.05, 0.1) is 11.6 Å². The van der Waals surface area contributed by atoms with Crippen molar-refractivity contribution in [2.45, 2.75) is 63.0 Å². The highest BCUT2D eigenvalue weighted by molar-refractivity contribution is 6.39. The number of aryl methyl sites for hydroxylation is 1. The largest absolute Gasteiger partial charge is 0.388 e. The number of carbonyl (C=O) groups excluding carboxylic acids is 2. The zero-order valence-corrected chi connectivity index (χ0v) is 23.9. The molecule has 12 heteroatoms. The van der Waals surface area contributed by atoms with Gasteiger partial charge < -0.3 is 24.1 Å². The van der Waals surface area contributed by atoms with E-state index in [0.29, 0.717) is 48.5 Å². The van der Waals surface area contributed by atoms with Crippen molar-refractivity contribution in [1.82, 2.24) is 30.3 Å². The van der Waals surface area contributed by atoms with Gasteiger partial charge in [0.2, 0.25) is 0 Å². The molecule has 1 aromatic carbocycles. The normalized spacial score (nSPS) is 17.3. The Morgan fingerprint density at radius 3 is 2.74 bits per heavy atom. The molecule has 0 bridgehead atoms. The standard InChI is InChI=1S/C30H35N7O5/c1-36-13-11-30(12-14-36)18-26(35-42-30)29(39)31-23(6-4-3-5-7-27(38)24-10-15-40-33-24)25-17-28(41-34-25)20-8-9-22-21(16-20)19-37(2)32-22/h8-10,15-17,19,23H,3-7,11-14,18H2,1-2H3,(H,31,39)/t23-/m0/s1. The number of amides is 1. The summed E-state index contributed by atoms with van der Waals surface area (Å²) in [6.45, 7) is 1.83. The predicted octanol–water partition coefficient (Wildman–Crippen LogP) is 4.45. The summed E-state index contributed by atoms with van der Waals surface area (Å²) in [7, 11) is 3.98. The quantitative estimate of drug-likeness (QED) is 0.203. The number of fused-ring (bicyclic) bond motifs is 1. The van der Waals surface area contributed by atoms with Crippen molar-refractivity contribution >= 4 is 28.3 Å². The van der Waals surface area contributed by atoms with Crippen molar-refractivity contribution in [3.05, 3.63) is 54.2 Å². The minimum absolute atomic E-state index is 0.0394. The van der Waals surface area contributed by atoms with Crippen LogP contribution >= 0.6 is 0 Å². The second-order valence-electron chi connectivity index (χ2n) is 11.4. The van der Waals surface area contributed by atoms with Gasteiger partial charge in [-0.25, -0.2) is 0 Å². The van der Waals surface area contributed by atoms with E-state index < -0.39 is 5.60 Å². The van der Waals surface area contributed by atoms with Crippen LogP contribution in [-0.2, 0) is 16.7 Å². The van der Waals surface area contributed by atoms with E-state index in [1.54, 1.807) is 10.7 Å². The maximum absolute atomic E-state index is 13.4. The second-order valence-corrected chi connectivity index (χ2v) is 11.4. The van der Waals surface area contributed by atoms with Crippen molar-refractivity contribution in [3.8, 4) is 11.3 Å². The minimum Gasteiger partial charge on any atom is -0.388 e. The maximum atomic E-state index is 13.4. The molecule has 6 rings (SSSR count). The SMILES string of the molecule is CN1CCC2(CC1)CC(C(=O)N[C@@H](CCCCCC(=O)c1ccon1)c1cc(-c3ccc4nn(C)cc4c3)on1)=NO2. The van der Waals surface area contributed by atoms with Gasteiger partial charge in [0.1, 0.15) is 29.0 Å². The first-order valence-corrected chi connectivity index (χ1v) is 14.5. The molecule has 1 fully saturated rings. The molecule has 0 aliphatic carbocycles. The molecule has 4 aromatic rings. The monoisotopic (exact) mass is 573 g/mol. The number of benzene rings is 1. The van der Waals surface area contributed by atoms with Crippen LogP contribution in [0.4, 0.5) is 0 Å². The van der Waals surface area contributed by atoms with E-state index in [2.05, 4.69) is 37.8 Å². The van der Waals surface area contributed by atoms with Crippen LogP contribution in [0.15, 0.2) is 57.0 Å². The van der Waals surface area contributed by atoms with Crippen molar-refractivity contribution in [2.24, 2.45) is 12.2 Å². The summed E-state index contributed by atoms with van der Waals surface area (Å²) in [5.74, 6) is 0.320. The Balaban J connectivity index is 1.12. The number of rotatable bonds is 11. The van der Waals surface area contributed by atoms with Gasteiger partial charge in [-0.1, -0.05) is 28.3 Å². The predicted molar refractivity (Wildman–Crippen MR) is 154 cm³/mol. The Hall–Kier alpha value is -4.32. The fourth-order valence-electron chi connectivity index (χ4n) is 5.66. The lowest BCUT2D eigenvalue weighted by Gasteiger charge is -2.35. The second kappa shape index (κ2) is 11.9. The number of nitrogens with zero attached hydrogens (tertiary/aromatic N) is 6. The van der Waals surface area contributed by atoms with Crippen LogP contribution in [0.2, 0.25) is 0 Å². The van der Waals surface area contributed by atoms with Crippen LogP contribution in [0, 0.1) is 0 Å². The number of hydrogen-bond donors (Lipinski definition) is 1. The topological polar surface area (TPSA) is 141 Å². The van der Waals surface area contributed by atoms with E-state index in [-0.39, 0.29) is 17.7 Å². The van der Waals surface area contributed by atoms with Crippen LogP contribution < -0.4 is 5.32 Å². The molecule has 12 nitrogen and oxygen atoms in total. The van der Waals surface area contributed by atoms with Gasteiger partial charge in [-0.3, -0.25) is 14.3 Å². The Labute approximate surface area is 243 Å². The van der Waals surface area contributed by atoms with E-state index in [4.69, 9.17) is 13.9 Å². The molecule has 1 spiro atoms. The van der Waals surface area contributed by atoms with Gasteiger partial charge in [0, 0.05) is 75.1 Å². The molecule has 220 valence electrons. The first kappa shape index (κ1) is 27.8. The first-order valence-electron chi connectivity index (χ1n) is 14.5. The highest BCUT2D eigenvalue weighted by Gasteiger charge is 2.43. The summed E-state index contributed by atoms with van der Waals surface area (Å²) in [6, 6.07) is 8.97. The molecule has 0 saturated carbocycles. The Morgan fingerprint density at radius 1 is 1.07 bits per heavy atom. The zero-order valence-electron chi connectivity index (χ0n) is 23.9. The first-order chi connectivity index (χ1) is 20.4. The molecule has 2 aliphatic rings. The van der Waals surface area contributed by atoms with Crippen molar-refractivity contribution in [3.63, 3.8) is 0 Å². The van der Waals surface area contributed by atoms with Gasteiger partial charge in [0.25, 0.3) is 5.91 Å². The summed E-state index contributed by atoms with van der Waals surface area (Å²) < 4.78 is 12.3. The van der Waals surface area contributed by atoms with Gasteiger partial charge >= 0.3 is 0 Å². The lowest BCUT2D eigenvalue weighted by atomic mass is 9.87. The highest BCUT2D eigenvalue weighted by atomic mass is 16.7. The molecular weight excluding hydrogens is 538 g/mol. The molecule has 1 atom stereocenters. The van der Waals surface area contributed by atoms with E-state index in [1.807, 2.05) is 37.5 Å². The van der Waals surface area contributed by atoms with E-state index in [0.717, 1.165) is 55.2 Å². The number of nitrogens with one attached hydrogen (secondary N) is 1. The molecular formula is C30H35N7O5. The summed E-state index contributed by atoms with van der Waals surface area (Å²) in [5, 5.41) is 20.8. The number of unbranched alkanes of at least 4 members (excludes halogenated alkanes) is 2. The number of aromatic nitrogens is 4. The van der Waals surface area contributed by atoms with Crippen molar-refractivity contribution in [2.75, 3.05) is 20.1 Å². The molecule has 42 heavy (non-hydrogen) atoms.